The minimum atomic E-state index is 0.595. The number of hydrogen-bond donors (Lipinski definition) is 1. The van der Waals surface area contributed by atoms with Crippen molar-refractivity contribution in [2.75, 3.05) is 13.6 Å². The van der Waals surface area contributed by atoms with Gasteiger partial charge in [0.15, 0.2) is 0 Å². The third-order valence-electron chi connectivity index (χ3n) is 1.75. The Balaban J connectivity index is 2.25. The Morgan fingerprint density at radius 2 is 2.46 bits per heavy atom. The second-order valence-electron chi connectivity index (χ2n) is 3.03. The molecular formula is C9H14N2S2. The minimum absolute atomic E-state index is 0.595. The van der Waals surface area contributed by atoms with E-state index in [0.29, 0.717) is 4.99 Å². The zero-order valence-electron chi connectivity index (χ0n) is 7.69. The smallest absolute Gasteiger partial charge is 0.0740 e. The minimum Gasteiger partial charge on any atom is -0.393 e. The maximum atomic E-state index is 5.42. The van der Waals surface area contributed by atoms with E-state index in [2.05, 4.69) is 29.5 Å². The highest BCUT2D eigenvalue weighted by Crippen LogP contribution is 2.10. The van der Waals surface area contributed by atoms with Crippen LogP contribution in [0.5, 0.6) is 0 Å². The highest BCUT2D eigenvalue weighted by atomic mass is 32.1. The molecule has 0 spiro atoms. The van der Waals surface area contributed by atoms with E-state index in [9.17, 15) is 0 Å². The molecule has 0 unspecified atom stereocenters. The number of hydrogen-bond acceptors (Lipinski definition) is 3. The van der Waals surface area contributed by atoms with Gasteiger partial charge in [0.05, 0.1) is 4.99 Å². The molecule has 0 saturated carbocycles. The van der Waals surface area contributed by atoms with Crippen molar-refractivity contribution in [3.63, 3.8) is 0 Å². The normalized spacial score (nSPS) is 10.6. The summed E-state index contributed by atoms with van der Waals surface area (Å²) in [6, 6.07) is 4.21. The monoisotopic (exact) mass is 214 g/mol. The molecule has 0 aromatic carbocycles. The van der Waals surface area contributed by atoms with Gasteiger partial charge in [-0.05, 0) is 18.5 Å². The highest BCUT2D eigenvalue weighted by molar-refractivity contribution is 7.80. The van der Waals surface area contributed by atoms with Gasteiger partial charge in [-0.2, -0.15) is 0 Å². The average Bonchev–Trinajstić information content (AvgIpc) is 2.53. The van der Waals surface area contributed by atoms with Crippen molar-refractivity contribution in [1.29, 1.82) is 0 Å². The van der Waals surface area contributed by atoms with Crippen LogP contribution < -0.4 is 5.73 Å². The van der Waals surface area contributed by atoms with Crippen LogP contribution in [-0.2, 0) is 6.54 Å². The fourth-order valence-corrected chi connectivity index (χ4v) is 1.92. The summed E-state index contributed by atoms with van der Waals surface area (Å²) in [7, 11) is 2.08. The molecule has 0 aliphatic heterocycles. The van der Waals surface area contributed by atoms with Crippen molar-refractivity contribution in [2.24, 2.45) is 5.73 Å². The van der Waals surface area contributed by atoms with Crippen molar-refractivity contribution in [3.8, 4) is 0 Å². The van der Waals surface area contributed by atoms with Crippen LogP contribution in [0.15, 0.2) is 17.5 Å². The van der Waals surface area contributed by atoms with Crippen LogP contribution in [0.1, 0.15) is 11.3 Å². The van der Waals surface area contributed by atoms with E-state index in [-0.39, 0.29) is 0 Å². The predicted octanol–water partition coefficient (Wildman–Crippen LogP) is 1.86. The molecule has 0 bridgehead atoms. The second kappa shape index (κ2) is 5.32. The van der Waals surface area contributed by atoms with Crippen molar-refractivity contribution >= 4 is 28.5 Å². The molecule has 2 N–H and O–H groups in total. The van der Waals surface area contributed by atoms with Gasteiger partial charge in [0.1, 0.15) is 0 Å². The lowest BCUT2D eigenvalue weighted by Gasteiger charge is -2.14. The summed E-state index contributed by atoms with van der Waals surface area (Å²) in [4.78, 5) is 4.20. The molecule has 0 aliphatic carbocycles. The van der Waals surface area contributed by atoms with Gasteiger partial charge in [-0.1, -0.05) is 18.3 Å². The van der Waals surface area contributed by atoms with Crippen molar-refractivity contribution in [2.45, 2.75) is 13.0 Å². The van der Waals surface area contributed by atoms with Gasteiger partial charge >= 0.3 is 0 Å². The molecule has 1 heterocycles. The van der Waals surface area contributed by atoms with E-state index in [4.69, 9.17) is 18.0 Å². The Hall–Kier alpha value is -0.450. The molecule has 13 heavy (non-hydrogen) atoms. The average molecular weight is 214 g/mol. The number of thiophene rings is 1. The summed E-state index contributed by atoms with van der Waals surface area (Å²) >= 11 is 6.60. The predicted molar refractivity (Wildman–Crippen MR) is 62.1 cm³/mol. The lowest BCUT2D eigenvalue weighted by molar-refractivity contribution is 0.340. The third kappa shape index (κ3) is 4.36. The summed E-state index contributed by atoms with van der Waals surface area (Å²) < 4.78 is 0. The summed E-state index contributed by atoms with van der Waals surface area (Å²) in [5, 5.41) is 2.09. The Bertz CT molecular complexity index is 257. The van der Waals surface area contributed by atoms with E-state index in [0.717, 1.165) is 19.5 Å². The molecule has 2 nitrogen and oxygen atoms in total. The van der Waals surface area contributed by atoms with Crippen LogP contribution in [0.4, 0.5) is 0 Å². The number of thiocarbonyl (C=S) groups is 1. The van der Waals surface area contributed by atoms with Crippen LogP contribution in [-0.4, -0.2) is 23.5 Å². The van der Waals surface area contributed by atoms with Gasteiger partial charge in [0, 0.05) is 24.4 Å². The zero-order chi connectivity index (χ0) is 9.68. The molecular weight excluding hydrogens is 200 g/mol. The van der Waals surface area contributed by atoms with Crippen LogP contribution in [0.25, 0.3) is 0 Å². The van der Waals surface area contributed by atoms with E-state index in [1.807, 2.05) is 0 Å². The first-order chi connectivity index (χ1) is 6.18. The molecule has 1 rings (SSSR count). The molecule has 72 valence electrons. The van der Waals surface area contributed by atoms with Gasteiger partial charge in [-0.3, -0.25) is 0 Å². The van der Waals surface area contributed by atoms with Gasteiger partial charge in [0.2, 0.25) is 0 Å². The fraction of sp³-hybridized carbons (Fsp3) is 0.444. The van der Waals surface area contributed by atoms with Gasteiger partial charge in [0.25, 0.3) is 0 Å². The summed E-state index contributed by atoms with van der Waals surface area (Å²) in [6.07, 6.45) is 0.803. The van der Waals surface area contributed by atoms with Crippen LogP contribution in [0, 0.1) is 0 Å². The lowest BCUT2D eigenvalue weighted by atomic mass is 10.3. The van der Waals surface area contributed by atoms with Crippen LogP contribution >= 0.6 is 23.6 Å². The SMILES string of the molecule is CN(CCC(N)=S)Cc1cccs1. The van der Waals surface area contributed by atoms with Gasteiger partial charge in [-0.25, -0.2) is 0 Å². The van der Waals surface area contributed by atoms with Crippen molar-refractivity contribution in [1.82, 2.24) is 4.90 Å². The topological polar surface area (TPSA) is 29.3 Å². The molecule has 1 aromatic rings. The molecule has 0 atom stereocenters. The molecule has 4 heteroatoms. The first-order valence-corrected chi connectivity index (χ1v) is 5.46. The standard InChI is InChI=1S/C9H14N2S2/c1-11(5-4-9(10)12)7-8-3-2-6-13-8/h2-3,6H,4-5,7H2,1H3,(H2,10,12). The summed E-state index contributed by atoms with van der Waals surface area (Å²) in [6.45, 7) is 1.92. The van der Waals surface area contributed by atoms with Gasteiger partial charge < -0.3 is 10.6 Å². The maximum absolute atomic E-state index is 5.42. The fourth-order valence-electron chi connectivity index (χ4n) is 1.05. The maximum Gasteiger partial charge on any atom is 0.0740 e. The summed E-state index contributed by atoms with van der Waals surface area (Å²) in [5.74, 6) is 0. The summed E-state index contributed by atoms with van der Waals surface area (Å²) in [5.41, 5.74) is 5.42. The van der Waals surface area contributed by atoms with Crippen molar-refractivity contribution in [3.05, 3.63) is 22.4 Å². The molecule has 0 fully saturated rings. The molecule has 0 saturated heterocycles. The first-order valence-electron chi connectivity index (χ1n) is 4.17. The Kier molecular flexibility index (Phi) is 4.35. The molecule has 0 amide bonds. The van der Waals surface area contributed by atoms with E-state index in [1.165, 1.54) is 4.88 Å². The van der Waals surface area contributed by atoms with Crippen LogP contribution in [0.2, 0.25) is 0 Å². The Morgan fingerprint density at radius 3 is 3.00 bits per heavy atom. The Morgan fingerprint density at radius 1 is 1.69 bits per heavy atom. The van der Waals surface area contributed by atoms with E-state index in [1.54, 1.807) is 11.3 Å². The zero-order valence-corrected chi connectivity index (χ0v) is 9.33. The quantitative estimate of drug-likeness (QED) is 0.759. The number of rotatable bonds is 5. The molecule has 0 aliphatic rings. The number of nitrogens with two attached hydrogens (primary N) is 1. The molecule has 1 aromatic heterocycles. The molecule has 0 radical (unpaired) electrons. The second-order valence-corrected chi connectivity index (χ2v) is 4.59. The van der Waals surface area contributed by atoms with Gasteiger partial charge in [-0.15, -0.1) is 11.3 Å². The largest absolute Gasteiger partial charge is 0.393 e. The van der Waals surface area contributed by atoms with Crippen molar-refractivity contribution < 1.29 is 0 Å². The number of nitrogens with zero attached hydrogens (tertiary/aromatic N) is 1. The van der Waals surface area contributed by atoms with Crippen LogP contribution in [0.3, 0.4) is 0 Å². The van der Waals surface area contributed by atoms with E-state index >= 15 is 0 Å². The highest BCUT2D eigenvalue weighted by Gasteiger charge is 2.00. The lowest BCUT2D eigenvalue weighted by Crippen LogP contribution is -2.22. The Labute approximate surface area is 88.4 Å². The third-order valence-corrected chi connectivity index (χ3v) is 2.81. The first kappa shape index (κ1) is 10.6. The van der Waals surface area contributed by atoms with E-state index < -0.39 is 0 Å².